The van der Waals surface area contributed by atoms with Gasteiger partial charge in [0.2, 0.25) is 0 Å². The number of hydrogen-bond acceptors (Lipinski definition) is 4. The zero-order chi connectivity index (χ0) is 15.4. The number of hydrogen-bond donors (Lipinski definition) is 2. The van der Waals surface area contributed by atoms with Crippen molar-refractivity contribution >= 4 is 11.9 Å². The second kappa shape index (κ2) is 6.17. The molecule has 0 fully saturated rings. The minimum absolute atomic E-state index is 0.0496. The van der Waals surface area contributed by atoms with Gasteiger partial charge in [0.1, 0.15) is 0 Å². The molecule has 1 aromatic heterocycles. The number of aliphatic carboxylic acids is 1. The van der Waals surface area contributed by atoms with Gasteiger partial charge in [-0.15, -0.1) is 5.10 Å². The fourth-order valence-corrected chi connectivity index (χ4v) is 2.07. The topological polar surface area (TPSA) is 105 Å². The second-order valence-corrected chi connectivity index (χ2v) is 4.59. The minimum Gasteiger partial charge on any atom is -0.481 e. The standard InChI is InChI=1S/C14H15N3O4/c1-2-3-11-13(14(20)21)15-16-17(11)10-6-4-9(5-7-10)8-12(18)19/h4-7H,2-3,8H2,1H3,(H,18,19)(H,20,21). The van der Waals surface area contributed by atoms with Crippen molar-refractivity contribution in [2.24, 2.45) is 0 Å². The molecule has 7 heteroatoms. The van der Waals surface area contributed by atoms with Gasteiger partial charge in [-0.2, -0.15) is 0 Å². The molecule has 1 heterocycles. The van der Waals surface area contributed by atoms with Crippen LogP contribution < -0.4 is 0 Å². The van der Waals surface area contributed by atoms with Gasteiger partial charge < -0.3 is 10.2 Å². The van der Waals surface area contributed by atoms with Crippen LogP contribution in [0.1, 0.15) is 35.1 Å². The molecule has 0 saturated carbocycles. The molecule has 0 atom stereocenters. The summed E-state index contributed by atoms with van der Waals surface area (Å²) in [4.78, 5) is 21.8. The van der Waals surface area contributed by atoms with Crippen LogP contribution in [0.4, 0.5) is 0 Å². The molecule has 0 radical (unpaired) electrons. The zero-order valence-electron chi connectivity index (χ0n) is 11.5. The summed E-state index contributed by atoms with van der Waals surface area (Å²) in [5, 5.41) is 25.4. The molecule has 0 spiro atoms. The van der Waals surface area contributed by atoms with Gasteiger partial charge in [0.25, 0.3) is 0 Å². The van der Waals surface area contributed by atoms with Crippen LogP contribution in [-0.2, 0) is 17.6 Å². The van der Waals surface area contributed by atoms with Crippen LogP contribution in [0.25, 0.3) is 5.69 Å². The first-order valence-electron chi connectivity index (χ1n) is 6.52. The fraction of sp³-hybridized carbons (Fsp3) is 0.286. The normalized spacial score (nSPS) is 10.5. The Morgan fingerprint density at radius 2 is 1.86 bits per heavy atom. The highest BCUT2D eigenvalue weighted by molar-refractivity contribution is 5.86. The highest BCUT2D eigenvalue weighted by atomic mass is 16.4. The van der Waals surface area contributed by atoms with Gasteiger partial charge in [-0.25, -0.2) is 9.48 Å². The van der Waals surface area contributed by atoms with Gasteiger partial charge in [0, 0.05) is 0 Å². The molecule has 0 aliphatic heterocycles. The number of carbonyl (C=O) groups is 2. The molecule has 1 aromatic carbocycles. The maximum atomic E-state index is 11.1. The lowest BCUT2D eigenvalue weighted by molar-refractivity contribution is -0.136. The molecule has 21 heavy (non-hydrogen) atoms. The summed E-state index contributed by atoms with van der Waals surface area (Å²) in [7, 11) is 0. The van der Waals surface area contributed by atoms with Crippen molar-refractivity contribution in [2.45, 2.75) is 26.2 Å². The van der Waals surface area contributed by atoms with Crippen LogP contribution in [-0.4, -0.2) is 37.1 Å². The van der Waals surface area contributed by atoms with E-state index >= 15 is 0 Å². The van der Waals surface area contributed by atoms with E-state index < -0.39 is 11.9 Å². The summed E-state index contributed by atoms with van der Waals surface area (Å²) in [6.07, 6.45) is 1.26. The molecular weight excluding hydrogens is 274 g/mol. The van der Waals surface area contributed by atoms with E-state index in [1.807, 2.05) is 6.92 Å². The van der Waals surface area contributed by atoms with Gasteiger partial charge in [-0.3, -0.25) is 4.79 Å². The van der Waals surface area contributed by atoms with Gasteiger partial charge in [0.05, 0.1) is 17.8 Å². The number of benzene rings is 1. The van der Waals surface area contributed by atoms with Gasteiger partial charge >= 0.3 is 11.9 Å². The van der Waals surface area contributed by atoms with Crippen molar-refractivity contribution in [3.05, 3.63) is 41.2 Å². The summed E-state index contributed by atoms with van der Waals surface area (Å²) < 4.78 is 1.48. The van der Waals surface area contributed by atoms with E-state index in [0.717, 1.165) is 6.42 Å². The lowest BCUT2D eigenvalue weighted by atomic mass is 10.1. The first-order chi connectivity index (χ1) is 10.0. The first kappa shape index (κ1) is 14.7. The minimum atomic E-state index is -1.10. The Labute approximate surface area is 120 Å². The van der Waals surface area contributed by atoms with Gasteiger partial charge in [-0.05, 0) is 24.1 Å². The number of carboxylic acid groups (broad SMARTS) is 2. The Balaban J connectivity index is 2.37. The smallest absolute Gasteiger partial charge is 0.358 e. The molecule has 110 valence electrons. The molecule has 2 rings (SSSR count). The Kier molecular flexibility index (Phi) is 4.32. The summed E-state index contributed by atoms with van der Waals surface area (Å²) in [6.45, 7) is 1.94. The number of nitrogens with zero attached hydrogens (tertiary/aromatic N) is 3. The molecule has 0 amide bonds. The Morgan fingerprint density at radius 3 is 2.38 bits per heavy atom. The predicted octanol–water partition coefficient (Wildman–Crippen LogP) is 1.55. The van der Waals surface area contributed by atoms with Crippen molar-refractivity contribution in [3.8, 4) is 5.69 Å². The van der Waals surface area contributed by atoms with E-state index in [9.17, 15) is 9.59 Å². The average Bonchev–Trinajstić information content (AvgIpc) is 2.83. The van der Waals surface area contributed by atoms with E-state index in [1.165, 1.54) is 4.68 Å². The summed E-state index contributed by atoms with van der Waals surface area (Å²) in [5.41, 5.74) is 1.82. The molecule has 0 unspecified atom stereocenters. The monoisotopic (exact) mass is 289 g/mol. The Bertz CT molecular complexity index is 661. The molecule has 0 aliphatic carbocycles. The molecule has 7 nitrogen and oxygen atoms in total. The van der Waals surface area contributed by atoms with Crippen LogP contribution in [0.15, 0.2) is 24.3 Å². The highest BCUT2D eigenvalue weighted by Crippen LogP contribution is 2.16. The predicted molar refractivity (Wildman–Crippen MR) is 73.7 cm³/mol. The number of aromatic nitrogens is 3. The largest absolute Gasteiger partial charge is 0.481 e. The third-order valence-electron chi connectivity index (χ3n) is 2.99. The summed E-state index contributed by atoms with van der Waals surface area (Å²) in [6, 6.07) is 6.78. The van der Waals surface area contributed by atoms with Gasteiger partial charge in [0.15, 0.2) is 5.69 Å². The fourth-order valence-electron chi connectivity index (χ4n) is 2.07. The molecular formula is C14H15N3O4. The molecule has 2 N–H and O–H groups in total. The Morgan fingerprint density at radius 1 is 1.19 bits per heavy atom. The van der Waals surface area contributed by atoms with E-state index in [4.69, 9.17) is 10.2 Å². The van der Waals surface area contributed by atoms with E-state index in [1.54, 1.807) is 24.3 Å². The van der Waals surface area contributed by atoms with Crippen LogP contribution in [0, 0.1) is 0 Å². The lowest BCUT2D eigenvalue weighted by Crippen LogP contribution is -2.07. The van der Waals surface area contributed by atoms with Crippen molar-refractivity contribution in [1.29, 1.82) is 0 Å². The van der Waals surface area contributed by atoms with Crippen LogP contribution in [0.3, 0.4) is 0 Å². The summed E-state index contributed by atoms with van der Waals surface area (Å²) in [5.74, 6) is -2.00. The van der Waals surface area contributed by atoms with Crippen LogP contribution >= 0.6 is 0 Å². The van der Waals surface area contributed by atoms with Crippen molar-refractivity contribution in [2.75, 3.05) is 0 Å². The van der Waals surface area contributed by atoms with Crippen molar-refractivity contribution < 1.29 is 19.8 Å². The quantitative estimate of drug-likeness (QED) is 0.835. The second-order valence-electron chi connectivity index (χ2n) is 4.59. The van der Waals surface area contributed by atoms with Crippen LogP contribution in [0.2, 0.25) is 0 Å². The first-order valence-corrected chi connectivity index (χ1v) is 6.52. The van der Waals surface area contributed by atoms with E-state index in [2.05, 4.69) is 10.3 Å². The zero-order valence-corrected chi connectivity index (χ0v) is 11.5. The Hall–Kier alpha value is -2.70. The number of aromatic carboxylic acids is 1. The summed E-state index contributed by atoms with van der Waals surface area (Å²) >= 11 is 0. The molecule has 0 aliphatic rings. The van der Waals surface area contributed by atoms with Crippen LogP contribution in [0.5, 0.6) is 0 Å². The molecule has 0 saturated heterocycles. The van der Waals surface area contributed by atoms with E-state index in [-0.39, 0.29) is 12.1 Å². The van der Waals surface area contributed by atoms with Crippen molar-refractivity contribution in [1.82, 2.24) is 15.0 Å². The average molecular weight is 289 g/mol. The third-order valence-corrected chi connectivity index (χ3v) is 2.99. The van der Waals surface area contributed by atoms with Crippen molar-refractivity contribution in [3.63, 3.8) is 0 Å². The molecule has 2 aromatic rings. The SMILES string of the molecule is CCCc1c(C(=O)O)nnn1-c1ccc(CC(=O)O)cc1. The number of rotatable bonds is 6. The van der Waals surface area contributed by atoms with E-state index in [0.29, 0.717) is 23.4 Å². The molecule has 0 bridgehead atoms. The van der Waals surface area contributed by atoms with Gasteiger partial charge in [-0.1, -0.05) is 30.7 Å². The third kappa shape index (κ3) is 3.25. The maximum Gasteiger partial charge on any atom is 0.358 e. The maximum absolute atomic E-state index is 11.1. The lowest BCUT2D eigenvalue weighted by Gasteiger charge is -2.06. The number of carboxylic acids is 2. The highest BCUT2D eigenvalue weighted by Gasteiger charge is 2.19.